The molecule has 2 aromatic carbocycles. The number of benzene rings is 2. The van der Waals surface area contributed by atoms with Crippen LogP contribution >= 0.6 is 0 Å². The summed E-state index contributed by atoms with van der Waals surface area (Å²) in [5.74, 6) is -3.28. The molecule has 2 rings (SSSR count). The normalized spacial score (nSPS) is 12.5. The molecule has 2 N–H and O–H groups in total. The molecule has 0 saturated heterocycles. The van der Waals surface area contributed by atoms with Crippen molar-refractivity contribution < 1.29 is 19.1 Å². The van der Waals surface area contributed by atoms with Gasteiger partial charge in [-0.15, -0.1) is 0 Å². The van der Waals surface area contributed by atoms with Gasteiger partial charge in [0.25, 0.3) is 5.91 Å². The summed E-state index contributed by atoms with van der Waals surface area (Å²) in [4.78, 5) is 23.2. The number of amides is 1. The number of hydrogen-bond donors (Lipinski definition) is 2. The van der Waals surface area contributed by atoms with Crippen LogP contribution in [0.1, 0.15) is 16.7 Å². The van der Waals surface area contributed by atoms with Crippen molar-refractivity contribution in [2.75, 3.05) is 0 Å². The summed E-state index contributed by atoms with van der Waals surface area (Å²) in [6.45, 7) is 1.90. The molecule has 0 aliphatic rings. The second-order valence-corrected chi connectivity index (χ2v) is 5.46. The maximum absolute atomic E-state index is 14.0. The molecule has 0 bridgehead atoms. The molecular formula is C19H18FNO3. The van der Waals surface area contributed by atoms with Crippen molar-refractivity contribution in [2.45, 2.75) is 19.4 Å². The highest BCUT2D eigenvalue weighted by atomic mass is 19.1. The van der Waals surface area contributed by atoms with Crippen molar-refractivity contribution in [3.63, 3.8) is 0 Å². The Bertz CT molecular complexity index is 739. The summed E-state index contributed by atoms with van der Waals surface area (Å²) in [5.41, 5.74) is 2.29. The first-order chi connectivity index (χ1) is 11.5. The van der Waals surface area contributed by atoms with E-state index in [-0.39, 0.29) is 6.42 Å². The lowest BCUT2D eigenvalue weighted by Gasteiger charge is -2.14. The Balaban J connectivity index is 2.06. The van der Waals surface area contributed by atoms with Gasteiger partial charge >= 0.3 is 5.97 Å². The Hall–Kier alpha value is -2.95. The Kier molecular flexibility index (Phi) is 5.84. The smallest absolute Gasteiger partial charge is 0.326 e. The molecule has 0 radical (unpaired) electrons. The standard InChI is InChI=1S/C19H18FNO3/c1-13-7-9-15(10-8-13)11-16(20)18(22)21-17(19(23)24)12-14-5-3-2-4-6-14/h2-11,17H,12H2,1H3,(H,21,22)(H,23,24)/b16-11-/t17-/m0/s1. The zero-order valence-electron chi connectivity index (χ0n) is 13.2. The average molecular weight is 327 g/mol. The summed E-state index contributed by atoms with van der Waals surface area (Å²) < 4.78 is 14.0. The largest absolute Gasteiger partial charge is 0.480 e. The fraction of sp³-hybridized carbons (Fsp3) is 0.158. The molecule has 1 atom stereocenters. The Morgan fingerprint density at radius 3 is 2.33 bits per heavy atom. The SMILES string of the molecule is Cc1ccc(/C=C(\F)C(=O)N[C@@H](Cc2ccccc2)C(=O)O)cc1. The Labute approximate surface area is 139 Å². The number of carbonyl (C=O) groups excluding carboxylic acids is 1. The zero-order valence-corrected chi connectivity index (χ0v) is 13.2. The van der Waals surface area contributed by atoms with Crippen LogP contribution in [-0.2, 0) is 16.0 Å². The lowest BCUT2D eigenvalue weighted by Crippen LogP contribution is -2.42. The van der Waals surface area contributed by atoms with Crippen LogP contribution in [0.4, 0.5) is 4.39 Å². The van der Waals surface area contributed by atoms with Crippen LogP contribution in [0.2, 0.25) is 0 Å². The molecule has 24 heavy (non-hydrogen) atoms. The molecule has 0 aliphatic carbocycles. The number of carbonyl (C=O) groups is 2. The fourth-order valence-electron chi connectivity index (χ4n) is 2.15. The lowest BCUT2D eigenvalue weighted by molar-refractivity contribution is -0.141. The molecule has 0 fully saturated rings. The molecule has 5 heteroatoms. The van der Waals surface area contributed by atoms with Crippen LogP contribution in [0.5, 0.6) is 0 Å². The predicted octanol–water partition coefficient (Wildman–Crippen LogP) is 3.12. The van der Waals surface area contributed by atoms with E-state index >= 15 is 0 Å². The van der Waals surface area contributed by atoms with E-state index < -0.39 is 23.7 Å². The van der Waals surface area contributed by atoms with E-state index in [4.69, 9.17) is 0 Å². The maximum atomic E-state index is 14.0. The summed E-state index contributed by atoms with van der Waals surface area (Å²) in [6.07, 6.45) is 1.16. The van der Waals surface area contributed by atoms with Gasteiger partial charge in [0.15, 0.2) is 5.83 Å². The van der Waals surface area contributed by atoms with E-state index in [9.17, 15) is 19.1 Å². The highest BCUT2D eigenvalue weighted by molar-refractivity contribution is 5.97. The van der Waals surface area contributed by atoms with Gasteiger partial charge in [0.05, 0.1) is 0 Å². The lowest BCUT2D eigenvalue weighted by atomic mass is 10.1. The molecule has 0 spiro atoms. The van der Waals surface area contributed by atoms with Crippen molar-refractivity contribution in [1.82, 2.24) is 5.32 Å². The molecule has 2 aromatic rings. The average Bonchev–Trinajstić information content (AvgIpc) is 2.57. The second-order valence-electron chi connectivity index (χ2n) is 5.46. The van der Waals surface area contributed by atoms with Crippen LogP contribution < -0.4 is 5.32 Å². The molecule has 4 nitrogen and oxygen atoms in total. The highest BCUT2D eigenvalue weighted by Crippen LogP contribution is 2.11. The minimum absolute atomic E-state index is 0.0831. The number of rotatable bonds is 6. The zero-order chi connectivity index (χ0) is 17.5. The topological polar surface area (TPSA) is 66.4 Å². The number of aryl methyl sites for hydroxylation is 1. The molecule has 0 aromatic heterocycles. The van der Waals surface area contributed by atoms with Gasteiger partial charge in [-0.25, -0.2) is 9.18 Å². The van der Waals surface area contributed by atoms with Gasteiger partial charge < -0.3 is 10.4 Å². The third-order valence-corrected chi connectivity index (χ3v) is 3.47. The van der Waals surface area contributed by atoms with Crippen LogP contribution in [0, 0.1) is 6.92 Å². The van der Waals surface area contributed by atoms with Gasteiger partial charge in [-0.1, -0.05) is 60.2 Å². The van der Waals surface area contributed by atoms with Crippen molar-refractivity contribution in [2.24, 2.45) is 0 Å². The van der Waals surface area contributed by atoms with E-state index in [1.807, 2.05) is 13.0 Å². The van der Waals surface area contributed by atoms with Crippen molar-refractivity contribution in [3.8, 4) is 0 Å². The predicted molar refractivity (Wildman–Crippen MR) is 90.0 cm³/mol. The van der Waals surface area contributed by atoms with Crippen LogP contribution in [0.3, 0.4) is 0 Å². The third kappa shape index (κ3) is 5.05. The fourth-order valence-corrected chi connectivity index (χ4v) is 2.15. The minimum Gasteiger partial charge on any atom is -0.480 e. The number of carboxylic acids is 1. The van der Waals surface area contributed by atoms with E-state index in [0.717, 1.165) is 17.2 Å². The summed E-state index contributed by atoms with van der Waals surface area (Å²) in [7, 11) is 0. The van der Waals surface area contributed by atoms with Crippen molar-refractivity contribution in [1.29, 1.82) is 0 Å². The molecule has 0 heterocycles. The molecule has 0 aliphatic heterocycles. The Morgan fingerprint density at radius 2 is 1.75 bits per heavy atom. The summed E-state index contributed by atoms with van der Waals surface area (Å²) in [6, 6.07) is 14.6. The molecule has 1 amide bonds. The van der Waals surface area contributed by atoms with E-state index in [2.05, 4.69) is 5.32 Å². The van der Waals surface area contributed by atoms with Crippen LogP contribution in [-0.4, -0.2) is 23.0 Å². The van der Waals surface area contributed by atoms with Gasteiger partial charge in [0.1, 0.15) is 6.04 Å². The van der Waals surface area contributed by atoms with E-state index in [0.29, 0.717) is 5.56 Å². The monoisotopic (exact) mass is 327 g/mol. The summed E-state index contributed by atoms with van der Waals surface area (Å²) in [5, 5.41) is 11.4. The number of carboxylic acid groups (broad SMARTS) is 1. The van der Waals surface area contributed by atoms with Gasteiger partial charge in [-0.3, -0.25) is 4.79 Å². The molecule has 124 valence electrons. The van der Waals surface area contributed by atoms with Gasteiger partial charge in [0, 0.05) is 6.42 Å². The van der Waals surface area contributed by atoms with Crippen molar-refractivity contribution >= 4 is 18.0 Å². The number of halogens is 1. The molecule has 0 unspecified atom stereocenters. The molecular weight excluding hydrogens is 309 g/mol. The van der Waals surface area contributed by atoms with E-state index in [1.165, 1.54) is 0 Å². The first kappa shape index (κ1) is 17.4. The van der Waals surface area contributed by atoms with Gasteiger partial charge in [-0.05, 0) is 24.1 Å². The van der Waals surface area contributed by atoms with Crippen LogP contribution in [0.15, 0.2) is 60.4 Å². The first-order valence-corrected chi connectivity index (χ1v) is 7.47. The maximum Gasteiger partial charge on any atom is 0.326 e. The minimum atomic E-state index is -1.21. The van der Waals surface area contributed by atoms with E-state index in [1.54, 1.807) is 48.5 Å². The number of hydrogen-bond acceptors (Lipinski definition) is 2. The van der Waals surface area contributed by atoms with Crippen LogP contribution in [0.25, 0.3) is 6.08 Å². The first-order valence-electron chi connectivity index (χ1n) is 7.47. The Morgan fingerprint density at radius 1 is 1.12 bits per heavy atom. The highest BCUT2D eigenvalue weighted by Gasteiger charge is 2.22. The third-order valence-electron chi connectivity index (χ3n) is 3.47. The number of nitrogens with one attached hydrogen (secondary N) is 1. The second kappa shape index (κ2) is 8.06. The number of aliphatic carboxylic acids is 1. The quantitative estimate of drug-likeness (QED) is 0.801. The molecule has 0 saturated carbocycles. The summed E-state index contributed by atoms with van der Waals surface area (Å²) >= 11 is 0. The van der Waals surface area contributed by atoms with Gasteiger partial charge in [-0.2, -0.15) is 0 Å². The van der Waals surface area contributed by atoms with Gasteiger partial charge in [0.2, 0.25) is 0 Å². The van der Waals surface area contributed by atoms with Crippen molar-refractivity contribution in [3.05, 3.63) is 77.1 Å².